The first-order chi connectivity index (χ1) is 5.11. The maximum atomic E-state index is 12.0. The highest BCUT2D eigenvalue weighted by molar-refractivity contribution is 5.76. The smallest absolute Gasteiger partial charge is 0.261 e. The number of hydrogen-bond donors (Lipinski definition) is 0. The molecule has 0 aliphatic heterocycles. The van der Waals surface area contributed by atoms with Gasteiger partial charge in [-0.2, -0.15) is 8.78 Å². The fourth-order valence-corrected chi connectivity index (χ4v) is 1.39. The zero-order valence-corrected chi connectivity index (χ0v) is 5.85. The van der Waals surface area contributed by atoms with Crippen molar-refractivity contribution >= 4 is 12.1 Å². The van der Waals surface area contributed by atoms with Crippen LogP contribution in [0.1, 0.15) is 19.3 Å². The van der Waals surface area contributed by atoms with Gasteiger partial charge in [0, 0.05) is 0 Å². The van der Waals surface area contributed by atoms with Crippen LogP contribution in [0.3, 0.4) is 0 Å². The summed E-state index contributed by atoms with van der Waals surface area (Å²) in [5, 5.41) is 0. The summed E-state index contributed by atoms with van der Waals surface area (Å²) in [7, 11) is 0. The number of carbonyl (C=O) groups is 2. The molecule has 2 atom stereocenters. The molecule has 0 N–H and O–H groups in total. The predicted molar refractivity (Wildman–Crippen MR) is 33.1 cm³/mol. The highest BCUT2D eigenvalue weighted by Gasteiger charge is 2.33. The molecule has 1 fully saturated rings. The van der Waals surface area contributed by atoms with Crippen molar-refractivity contribution in [3.05, 3.63) is 0 Å². The first-order valence-corrected chi connectivity index (χ1v) is 3.50. The van der Waals surface area contributed by atoms with Gasteiger partial charge in [-0.15, -0.1) is 0 Å². The van der Waals surface area contributed by atoms with E-state index in [1.807, 2.05) is 0 Å². The fraction of sp³-hybridized carbons (Fsp3) is 0.714. The fourth-order valence-electron chi connectivity index (χ4n) is 1.39. The number of halogens is 2. The maximum absolute atomic E-state index is 12.0. The van der Waals surface area contributed by atoms with E-state index in [4.69, 9.17) is 0 Å². The molecule has 4 heteroatoms. The molecule has 0 aromatic carbocycles. The maximum Gasteiger partial charge on any atom is 0.304 e. The monoisotopic (exact) mass is 162 g/mol. The van der Waals surface area contributed by atoms with Crippen LogP contribution in [0.2, 0.25) is 0 Å². The molecule has 11 heavy (non-hydrogen) atoms. The Morgan fingerprint density at radius 3 is 1.55 bits per heavy atom. The van der Waals surface area contributed by atoms with E-state index in [1.54, 1.807) is 0 Å². The van der Waals surface area contributed by atoms with Crippen LogP contribution in [-0.4, -0.2) is 12.1 Å². The van der Waals surface area contributed by atoms with Gasteiger partial charge >= 0.3 is 12.1 Å². The minimum absolute atomic E-state index is 0.0463. The van der Waals surface area contributed by atoms with Gasteiger partial charge in [0.2, 0.25) is 0 Å². The third kappa shape index (κ3) is 1.82. The Morgan fingerprint density at radius 2 is 1.36 bits per heavy atom. The predicted octanol–water partition coefficient (Wildman–Crippen LogP) is 1.39. The molecule has 62 valence electrons. The molecule has 0 aromatic heterocycles. The highest BCUT2D eigenvalue weighted by atomic mass is 19.1. The molecule has 1 aliphatic rings. The molecule has 1 rings (SSSR count). The summed E-state index contributed by atoms with van der Waals surface area (Å²) < 4.78 is 23.9. The molecule has 1 aliphatic carbocycles. The average Bonchev–Trinajstić information content (AvgIpc) is 2.33. The summed E-state index contributed by atoms with van der Waals surface area (Å²) in [6.07, 6.45) is 0.649. The van der Waals surface area contributed by atoms with Gasteiger partial charge < -0.3 is 0 Å². The van der Waals surface area contributed by atoms with E-state index in [0.29, 0.717) is 12.8 Å². The molecular formula is C7H8F2O2. The lowest BCUT2D eigenvalue weighted by atomic mass is 10.1. The summed E-state index contributed by atoms with van der Waals surface area (Å²) in [6.45, 7) is 0. The number of rotatable bonds is 2. The summed E-state index contributed by atoms with van der Waals surface area (Å²) in [5.74, 6) is -1.47. The minimum atomic E-state index is -1.42. The quantitative estimate of drug-likeness (QED) is 0.575. The molecule has 2 unspecified atom stereocenters. The lowest BCUT2D eigenvalue weighted by Gasteiger charge is -1.99. The van der Waals surface area contributed by atoms with Crippen molar-refractivity contribution < 1.29 is 18.4 Å². The Morgan fingerprint density at radius 1 is 1.00 bits per heavy atom. The highest BCUT2D eigenvalue weighted by Crippen LogP contribution is 2.32. The van der Waals surface area contributed by atoms with E-state index in [1.165, 1.54) is 0 Å². The van der Waals surface area contributed by atoms with Crippen LogP contribution in [-0.2, 0) is 9.59 Å². The first kappa shape index (κ1) is 8.30. The molecule has 0 heterocycles. The lowest BCUT2D eigenvalue weighted by Crippen LogP contribution is -2.08. The van der Waals surface area contributed by atoms with Crippen LogP contribution in [0.15, 0.2) is 0 Å². The Labute approximate surface area is 62.6 Å². The zero-order valence-electron chi connectivity index (χ0n) is 5.85. The second-order valence-corrected chi connectivity index (χ2v) is 2.82. The van der Waals surface area contributed by atoms with E-state index in [9.17, 15) is 18.4 Å². The summed E-state index contributed by atoms with van der Waals surface area (Å²) in [4.78, 5) is 20.2. The topological polar surface area (TPSA) is 34.1 Å². The van der Waals surface area contributed by atoms with Gasteiger partial charge in [0.15, 0.2) is 0 Å². The molecule has 0 saturated heterocycles. The zero-order chi connectivity index (χ0) is 8.43. The van der Waals surface area contributed by atoms with Crippen LogP contribution < -0.4 is 0 Å². The summed E-state index contributed by atoms with van der Waals surface area (Å²) in [6, 6.07) is -2.84. The second-order valence-electron chi connectivity index (χ2n) is 2.82. The van der Waals surface area contributed by atoms with E-state index in [2.05, 4.69) is 0 Å². The van der Waals surface area contributed by atoms with Gasteiger partial charge in [-0.1, -0.05) is 0 Å². The third-order valence-electron chi connectivity index (χ3n) is 2.07. The summed E-state index contributed by atoms with van der Waals surface area (Å²) in [5.41, 5.74) is 0. The van der Waals surface area contributed by atoms with Gasteiger partial charge in [0.1, 0.15) is 0 Å². The van der Waals surface area contributed by atoms with Crippen molar-refractivity contribution in [1.82, 2.24) is 0 Å². The van der Waals surface area contributed by atoms with Gasteiger partial charge in [0.25, 0.3) is 0 Å². The lowest BCUT2D eigenvalue weighted by molar-refractivity contribution is -0.134. The van der Waals surface area contributed by atoms with Gasteiger partial charge in [0.05, 0.1) is 11.8 Å². The molecular weight excluding hydrogens is 154 g/mol. The first-order valence-electron chi connectivity index (χ1n) is 3.50. The van der Waals surface area contributed by atoms with Crippen LogP contribution in [0.4, 0.5) is 8.78 Å². The Balaban J connectivity index is 2.47. The van der Waals surface area contributed by atoms with Crippen molar-refractivity contribution in [2.45, 2.75) is 19.3 Å². The normalized spacial score (nSPS) is 30.4. The second kappa shape index (κ2) is 3.07. The van der Waals surface area contributed by atoms with Gasteiger partial charge in [-0.05, 0) is 19.3 Å². The minimum Gasteiger partial charge on any atom is -0.261 e. The summed E-state index contributed by atoms with van der Waals surface area (Å²) >= 11 is 0. The number of carbonyl (C=O) groups excluding carboxylic acids is 2. The SMILES string of the molecule is O=C(F)C1CCC(C(=O)F)C1. The van der Waals surface area contributed by atoms with Crippen molar-refractivity contribution in [3.63, 3.8) is 0 Å². The molecule has 0 aromatic rings. The van der Waals surface area contributed by atoms with Gasteiger partial charge in [-0.3, -0.25) is 9.59 Å². The molecule has 0 bridgehead atoms. The van der Waals surface area contributed by atoms with Crippen molar-refractivity contribution in [3.8, 4) is 0 Å². The molecule has 0 amide bonds. The van der Waals surface area contributed by atoms with E-state index in [0.717, 1.165) is 0 Å². The van der Waals surface area contributed by atoms with Gasteiger partial charge in [-0.25, -0.2) is 0 Å². The van der Waals surface area contributed by atoms with Crippen LogP contribution in [0.5, 0.6) is 0 Å². The molecule has 1 saturated carbocycles. The van der Waals surface area contributed by atoms with Crippen LogP contribution in [0.25, 0.3) is 0 Å². The largest absolute Gasteiger partial charge is 0.304 e. The Hall–Kier alpha value is -0.800. The van der Waals surface area contributed by atoms with Crippen molar-refractivity contribution in [2.24, 2.45) is 11.8 Å². The number of hydrogen-bond acceptors (Lipinski definition) is 2. The Bertz CT molecular complexity index is 171. The van der Waals surface area contributed by atoms with E-state index in [-0.39, 0.29) is 6.42 Å². The Kier molecular flexibility index (Phi) is 2.31. The van der Waals surface area contributed by atoms with Crippen LogP contribution >= 0.6 is 0 Å². The van der Waals surface area contributed by atoms with E-state index < -0.39 is 23.9 Å². The standard InChI is InChI=1S/C7H8F2O2/c8-6(10)4-1-2-5(3-4)7(9)11/h4-5H,1-3H2. The van der Waals surface area contributed by atoms with E-state index >= 15 is 0 Å². The van der Waals surface area contributed by atoms with Crippen molar-refractivity contribution in [1.29, 1.82) is 0 Å². The van der Waals surface area contributed by atoms with Crippen LogP contribution in [0, 0.1) is 11.8 Å². The van der Waals surface area contributed by atoms with Crippen molar-refractivity contribution in [2.75, 3.05) is 0 Å². The third-order valence-corrected chi connectivity index (χ3v) is 2.07. The average molecular weight is 162 g/mol. The molecule has 2 nitrogen and oxygen atoms in total. The molecule has 0 spiro atoms. The molecule has 0 radical (unpaired) electrons.